The van der Waals surface area contributed by atoms with E-state index in [2.05, 4.69) is 5.32 Å². The number of rotatable bonds is 1. The van der Waals surface area contributed by atoms with Gasteiger partial charge in [0.05, 0.1) is 0 Å². The topological polar surface area (TPSA) is 21.3 Å². The normalized spacial score (nSPS) is 27.5. The lowest BCUT2D eigenvalue weighted by Gasteiger charge is -2.38. The van der Waals surface area contributed by atoms with Crippen molar-refractivity contribution < 1.29 is 9.13 Å². The Labute approximate surface area is 101 Å². The molecule has 0 saturated carbocycles. The summed E-state index contributed by atoms with van der Waals surface area (Å²) < 4.78 is 19.4. The van der Waals surface area contributed by atoms with Crippen LogP contribution in [0, 0.1) is 11.2 Å². The quantitative estimate of drug-likeness (QED) is 0.806. The van der Waals surface area contributed by atoms with E-state index in [-0.39, 0.29) is 11.2 Å². The first kappa shape index (κ1) is 11.2. The van der Waals surface area contributed by atoms with Gasteiger partial charge < -0.3 is 10.1 Å². The zero-order valence-corrected chi connectivity index (χ0v) is 9.92. The van der Waals surface area contributed by atoms with Gasteiger partial charge in [-0.15, -0.1) is 0 Å². The molecule has 1 N–H and O–H groups in total. The molecule has 1 atom stereocenters. The van der Waals surface area contributed by atoms with Crippen LogP contribution in [0.3, 0.4) is 0 Å². The molecule has 2 saturated heterocycles. The lowest BCUT2D eigenvalue weighted by atomic mass is 9.69. The van der Waals surface area contributed by atoms with E-state index in [0.29, 0.717) is 5.92 Å². The first-order valence-corrected chi connectivity index (χ1v) is 6.35. The minimum Gasteiger partial charge on any atom is -0.381 e. The van der Waals surface area contributed by atoms with Crippen LogP contribution < -0.4 is 5.32 Å². The molecule has 1 spiro atoms. The molecule has 3 heteroatoms. The summed E-state index contributed by atoms with van der Waals surface area (Å²) in [6.07, 6.45) is 2.08. The summed E-state index contributed by atoms with van der Waals surface area (Å²) in [4.78, 5) is 0. The fraction of sp³-hybridized carbons (Fsp3) is 0.571. The Morgan fingerprint density at radius 3 is 2.76 bits per heavy atom. The number of hydrogen-bond acceptors (Lipinski definition) is 2. The highest BCUT2D eigenvalue weighted by Gasteiger charge is 2.45. The molecule has 2 aliphatic rings. The van der Waals surface area contributed by atoms with Crippen molar-refractivity contribution in [3.05, 3.63) is 35.6 Å². The fourth-order valence-corrected chi connectivity index (χ4v) is 3.31. The third kappa shape index (κ3) is 1.87. The largest absolute Gasteiger partial charge is 0.381 e. The van der Waals surface area contributed by atoms with Gasteiger partial charge in [-0.1, -0.05) is 18.2 Å². The van der Waals surface area contributed by atoms with Gasteiger partial charge in [0, 0.05) is 32.2 Å². The highest BCUT2D eigenvalue weighted by molar-refractivity contribution is 5.26. The second kappa shape index (κ2) is 4.39. The Morgan fingerprint density at radius 1 is 1.24 bits per heavy atom. The Hall–Kier alpha value is -0.930. The van der Waals surface area contributed by atoms with Gasteiger partial charge in [0.15, 0.2) is 0 Å². The van der Waals surface area contributed by atoms with Crippen LogP contribution in [-0.4, -0.2) is 26.3 Å². The third-order valence-electron chi connectivity index (χ3n) is 4.33. The molecule has 0 radical (unpaired) electrons. The maximum atomic E-state index is 13.9. The molecule has 0 amide bonds. The maximum Gasteiger partial charge on any atom is 0.126 e. The van der Waals surface area contributed by atoms with Gasteiger partial charge in [-0.05, 0) is 29.9 Å². The van der Waals surface area contributed by atoms with E-state index in [1.165, 1.54) is 0 Å². The molecular weight excluding hydrogens is 217 g/mol. The van der Waals surface area contributed by atoms with Crippen LogP contribution in [0.5, 0.6) is 0 Å². The molecule has 17 heavy (non-hydrogen) atoms. The van der Waals surface area contributed by atoms with Crippen molar-refractivity contribution in [2.24, 2.45) is 5.41 Å². The first-order chi connectivity index (χ1) is 8.32. The molecule has 1 aromatic rings. The molecular formula is C14H18FNO. The lowest BCUT2D eigenvalue weighted by molar-refractivity contribution is 0.0160. The van der Waals surface area contributed by atoms with Crippen LogP contribution in [0.15, 0.2) is 24.3 Å². The summed E-state index contributed by atoms with van der Waals surface area (Å²) in [6.45, 7) is 3.51. The lowest BCUT2D eigenvalue weighted by Crippen LogP contribution is -2.35. The van der Waals surface area contributed by atoms with Crippen LogP contribution in [0.2, 0.25) is 0 Å². The van der Waals surface area contributed by atoms with Crippen LogP contribution in [0.1, 0.15) is 24.3 Å². The zero-order valence-electron chi connectivity index (χ0n) is 9.92. The SMILES string of the molecule is Fc1ccccc1C1CNCC12CCOCC2. The van der Waals surface area contributed by atoms with Crippen LogP contribution in [-0.2, 0) is 4.74 Å². The molecule has 2 heterocycles. The first-order valence-electron chi connectivity index (χ1n) is 6.35. The number of ether oxygens (including phenoxy) is 1. The van der Waals surface area contributed by atoms with E-state index in [4.69, 9.17) is 4.74 Å². The minimum absolute atomic E-state index is 0.0629. The smallest absolute Gasteiger partial charge is 0.126 e. The minimum atomic E-state index is -0.0629. The monoisotopic (exact) mass is 235 g/mol. The van der Waals surface area contributed by atoms with Crippen LogP contribution in [0.25, 0.3) is 0 Å². The Kier molecular flexibility index (Phi) is 2.89. The van der Waals surface area contributed by atoms with Crippen molar-refractivity contribution in [2.75, 3.05) is 26.3 Å². The van der Waals surface area contributed by atoms with E-state index in [9.17, 15) is 4.39 Å². The second-order valence-electron chi connectivity index (χ2n) is 5.18. The van der Waals surface area contributed by atoms with Gasteiger partial charge in [0.2, 0.25) is 0 Å². The van der Waals surface area contributed by atoms with Gasteiger partial charge in [-0.25, -0.2) is 4.39 Å². The zero-order chi connectivity index (χ0) is 11.7. The van der Waals surface area contributed by atoms with Gasteiger partial charge >= 0.3 is 0 Å². The van der Waals surface area contributed by atoms with Crippen molar-refractivity contribution in [1.82, 2.24) is 5.32 Å². The van der Waals surface area contributed by atoms with E-state index < -0.39 is 0 Å². The standard InChI is InChI=1S/C14H18FNO/c15-13-4-2-1-3-11(13)12-9-16-10-14(12)5-7-17-8-6-14/h1-4,12,16H,5-10H2. The van der Waals surface area contributed by atoms with Crippen LogP contribution >= 0.6 is 0 Å². The molecule has 2 nitrogen and oxygen atoms in total. The summed E-state index contributed by atoms with van der Waals surface area (Å²) in [5.74, 6) is 0.236. The van der Waals surface area contributed by atoms with Gasteiger partial charge in [0.1, 0.15) is 5.82 Å². The van der Waals surface area contributed by atoms with E-state index in [1.54, 1.807) is 12.1 Å². The van der Waals surface area contributed by atoms with Crippen LogP contribution in [0.4, 0.5) is 4.39 Å². The average Bonchev–Trinajstić information content (AvgIpc) is 2.74. The third-order valence-corrected chi connectivity index (χ3v) is 4.33. The number of benzene rings is 1. The van der Waals surface area contributed by atoms with Crippen molar-refractivity contribution in [3.8, 4) is 0 Å². The van der Waals surface area contributed by atoms with Crippen molar-refractivity contribution in [1.29, 1.82) is 0 Å². The molecule has 0 aromatic heterocycles. The summed E-state index contributed by atoms with van der Waals surface area (Å²) in [5.41, 5.74) is 1.08. The van der Waals surface area contributed by atoms with Crippen molar-refractivity contribution in [3.63, 3.8) is 0 Å². The van der Waals surface area contributed by atoms with Gasteiger partial charge in [0.25, 0.3) is 0 Å². The highest BCUT2D eigenvalue weighted by atomic mass is 19.1. The summed E-state index contributed by atoms with van der Waals surface area (Å²) in [6, 6.07) is 7.20. The highest BCUT2D eigenvalue weighted by Crippen LogP contribution is 2.46. The Bertz CT molecular complexity index is 401. The van der Waals surface area contributed by atoms with Gasteiger partial charge in [-0.3, -0.25) is 0 Å². The van der Waals surface area contributed by atoms with E-state index in [0.717, 1.165) is 44.7 Å². The molecule has 2 fully saturated rings. The molecule has 2 aliphatic heterocycles. The Balaban J connectivity index is 1.94. The maximum absolute atomic E-state index is 13.9. The van der Waals surface area contributed by atoms with Crippen molar-refractivity contribution >= 4 is 0 Å². The summed E-state index contributed by atoms with van der Waals surface area (Å²) >= 11 is 0. The molecule has 1 unspecified atom stereocenters. The molecule has 92 valence electrons. The number of halogens is 1. The summed E-state index contributed by atoms with van der Waals surface area (Å²) in [7, 11) is 0. The van der Waals surface area contributed by atoms with E-state index in [1.807, 2.05) is 12.1 Å². The molecule has 0 bridgehead atoms. The Morgan fingerprint density at radius 2 is 2.00 bits per heavy atom. The second-order valence-corrected chi connectivity index (χ2v) is 5.18. The van der Waals surface area contributed by atoms with Crippen molar-refractivity contribution in [2.45, 2.75) is 18.8 Å². The van der Waals surface area contributed by atoms with Gasteiger partial charge in [-0.2, -0.15) is 0 Å². The number of hydrogen-bond donors (Lipinski definition) is 1. The predicted molar refractivity (Wildman–Crippen MR) is 64.5 cm³/mol. The summed E-state index contributed by atoms with van der Waals surface area (Å²) in [5, 5.41) is 3.44. The molecule has 0 aliphatic carbocycles. The number of nitrogens with one attached hydrogen (secondary N) is 1. The fourth-order valence-electron chi connectivity index (χ4n) is 3.31. The average molecular weight is 235 g/mol. The predicted octanol–water partition coefficient (Wildman–Crippen LogP) is 2.31. The van der Waals surface area contributed by atoms with E-state index >= 15 is 0 Å². The molecule has 1 aromatic carbocycles. The molecule has 3 rings (SSSR count).